The van der Waals surface area contributed by atoms with E-state index in [-0.39, 0.29) is 18.3 Å². The number of piperazine rings is 1. The van der Waals surface area contributed by atoms with Crippen LogP contribution in [0.2, 0.25) is 0 Å². The van der Waals surface area contributed by atoms with Gasteiger partial charge in [-0.3, -0.25) is 4.79 Å². The Morgan fingerprint density at radius 1 is 1.00 bits per heavy atom. The van der Waals surface area contributed by atoms with E-state index in [1.54, 1.807) is 0 Å². The van der Waals surface area contributed by atoms with Crippen LogP contribution in [0.25, 0.3) is 0 Å². The van der Waals surface area contributed by atoms with E-state index in [1.807, 2.05) is 60.4 Å². The average molecular weight is 363 g/mol. The quantitative estimate of drug-likeness (QED) is 0.886. The number of amides is 1. The molecule has 6 heteroatoms. The highest BCUT2D eigenvalue weighted by molar-refractivity contribution is 5.97. The molecule has 3 rings (SSSR count). The van der Waals surface area contributed by atoms with Crippen LogP contribution in [0.3, 0.4) is 0 Å². The summed E-state index contributed by atoms with van der Waals surface area (Å²) in [7, 11) is 0. The molecule has 2 aromatic rings. The molecule has 0 aromatic heterocycles. The maximum absolute atomic E-state index is 12.8. The number of rotatable bonds is 5. The number of nitrogens with zero attached hydrogens (tertiary/aromatic N) is 1. The fourth-order valence-electron chi connectivity index (χ4n) is 2.70. The Kier molecular flexibility index (Phi) is 7.10. The van der Waals surface area contributed by atoms with Crippen molar-refractivity contribution in [1.82, 2.24) is 10.2 Å². The first kappa shape index (κ1) is 19.1. The van der Waals surface area contributed by atoms with Gasteiger partial charge in [0, 0.05) is 26.2 Å². The Balaban J connectivity index is 0.00000225. The number of nitrogens with one attached hydrogen (secondary N) is 1. The first-order chi connectivity index (χ1) is 11.8. The van der Waals surface area contributed by atoms with Gasteiger partial charge >= 0.3 is 0 Å². The van der Waals surface area contributed by atoms with Crippen molar-refractivity contribution in [3.8, 4) is 17.2 Å². The van der Waals surface area contributed by atoms with Gasteiger partial charge in [-0.1, -0.05) is 24.3 Å². The summed E-state index contributed by atoms with van der Waals surface area (Å²) in [6.07, 6.45) is 0. The predicted octanol–water partition coefficient (Wildman–Crippen LogP) is 3.34. The van der Waals surface area contributed by atoms with Crippen LogP contribution in [-0.2, 0) is 0 Å². The molecule has 1 aliphatic rings. The molecule has 0 saturated carbocycles. The molecule has 0 atom stereocenters. The molecule has 0 bridgehead atoms. The van der Waals surface area contributed by atoms with Crippen LogP contribution >= 0.6 is 12.4 Å². The number of carbonyl (C=O) groups excluding carboxylic acids is 1. The number of hydrogen-bond acceptors (Lipinski definition) is 4. The van der Waals surface area contributed by atoms with Crippen LogP contribution in [0, 0.1) is 0 Å². The predicted molar refractivity (Wildman–Crippen MR) is 100 cm³/mol. The van der Waals surface area contributed by atoms with Crippen LogP contribution in [0.1, 0.15) is 17.3 Å². The minimum atomic E-state index is 0. The van der Waals surface area contributed by atoms with E-state index in [0.29, 0.717) is 42.5 Å². The van der Waals surface area contributed by atoms with Gasteiger partial charge in [0.2, 0.25) is 0 Å². The monoisotopic (exact) mass is 362 g/mol. The van der Waals surface area contributed by atoms with Crippen molar-refractivity contribution in [3.63, 3.8) is 0 Å². The summed E-state index contributed by atoms with van der Waals surface area (Å²) < 4.78 is 11.6. The fraction of sp³-hybridized carbons (Fsp3) is 0.316. The lowest BCUT2D eigenvalue weighted by Crippen LogP contribution is -2.46. The third-order valence-corrected chi connectivity index (χ3v) is 3.89. The van der Waals surface area contributed by atoms with Crippen molar-refractivity contribution in [1.29, 1.82) is 0 Å². The Bertz CT molecular complexity index is 703. The molecule has 1 N–H and O–H groups in total. The normalized spacial score (nSPS) is 13.7. The van der Waals surface area contributed by atoms with E-state index in [2.05, 4.69) is 5.32 Å². The molecule has 2 aromatic carbocycles. The van der Waals surface area contributed by atoms with E-state index in [0.717, 1.165) is 13.1 Å². The van der Waals surface area contributed by atoms with E-state index in [1.165, 1.54) is 0 Å². The fourth-order valence-corrected chi connectivity index (χ4v) is 2.70. The second-order valence-electron chi connectivity index (χ2n) is 5.52. The van der Waals surface area contributed by atoms with Gasteiger partial charge < -0.3 is 19.7 Å². The van der Waals surface area contributed by atoms with Gasteiger partial charge in [0.15, 0.2) is 11.5 Å². The summed E-state index contributed by atoms with van der Waals surface area (Å²) in [4.78, 5) is 14.7. The van der Waals surface area contributed by atoms with Gasteiger partial charge in [-0.05, 0) is 31.2 Å². The summed E-state index contributed by atoms with van der Waals surface area (Å²) in [5.41, 5.74) is 0.575. The summed E-state index contributed by atoms with van der Waals surface area (Å²) in [6.45, 7) is 5.55. The number of hydrogen-bond donors (Lipinski definition) is 1. The van der Waals surface area contributed by atoms with Gasteiger partial charge in [-0.15, -0.1) is 12.4 Å². The number of benzene rings is 2. The molecular weight excluding hydrogens is 340 g/mol. The molecule has 1 aliphatic heterocycles. The minimum absolute atomic E-state index is 0. The van der Waals surface area contributed by atoms with Crippen molar-refractivity contribution in [2.45, 2.75) is 6.92 Å². The highest BCUT2D eigenvalue weighted by atomic mass is 35.5. The SMILES string of the molecule is CCOc1ccccc1Oc1ccccc1C(=O)N1CCNCC1.Cl. The molecular formula is C19H23ClN2O3. The number of para-hydroxylation sites is 3. The Morgan fingerprint density at radius 2 is 1.60 bits per heavy atom. The molecule has 1 amide bonds. The van der Waals surface area contributed by atoms with Gasteiger partial charge in [0.25, 0.3) is 5.91 Å². The minimum Gasteiger partial charge on any atom is -0.490 e. The smallest absolute Gasteiger partial charge is 0.257 e. The molecule has 0 spiro atoms. The third-order valence-electron chi connectivity index (χ3n) is 3.89. The zero-order chi connectivity index (χ0) is 16.8. The van der Waals surface area contributed by atoms with Crippen molar-refractivity contribution in [2.75, 3.05) is 32.8 Å². The largest absolute Gasteiger partial charge is 0.490 e. The number of carbonyl (C=O) groups is 1. The highest BCUT2D eigenvalue weighted by Gasteiger charge is 2.21. The molecule has 5 nitrogen and oxygen atoms in total. The van der Waals surface area contributed by atoms with Crippen LogP contribution in [0.5, 0.6) is 17.2 Å². The molecule has 1 saturated heterocycles. The lowest BCUT2D eigenvalue weighted by molar-refractivity contribution is 0.0733. The summed E-state index contributed by atoms with van der Waals surface area (Å²) in [5, 5.41) is 3.26. The molecule has 0 aliphatic carbocycles. The first-order valence-electron chi connectivity index (χ1n) is 8.28. The average Bonchev–Trinajstić information content (AvgIpc) is 2.64. The van der Waals surface area contributed by atoms with E-state index < -0.39 is 0 Å². The Hall–Kier alpha value is -2.24. The van der Waals surface area contributed by atoms with Crippen LogP contribution in [0.4, 0.5) is 0 Å². The second-order valence-corrected chi connectivity index (χ2v) is 5.52. The van der Waals surface area contributed by atoms with Gasteiger partial charge in [0.1, 0.15) is 5.75 Å². The number of ether oxygens (including phenoxy) is 2. The van der Waals surface area contributed by atoms with Crippen LogP contribution < -0.4 is 14.8 Å². The Morgan fingerprint density at radius 3 is 2.28 bits per heavy atom. The summed E-state index contributed by atoms with van der Waals surface area (Å²) >= 11 is 0. The van der Waals surface area contributed by atoms with Gasteiger partial charge in [0.05, 0.1) is 12.2 Å². The maximum atomic E-state index is 12.8. The summed E-state index contributed by atoms with van der Waals surface area (Å²) in [5.74, 6) is 1.83. The first-order valence-corrected chi connectivity index (χ1v) is 8.28. The lowest BCUT2D eigenvalue weighted by atomic mass is 10.1. The van der Waals surface area contributed by atoms with E-state index in [4.69, 9.17) is 9.47 Å². The second kappa shape index (κ2) is 9.30. The molecule has 1 heterocycles. The van der Waals surface area contributed by atoms with Crippen molar-refractivity contribution in [3.05, 3.63) is 54.1 Å². The number of halogens is 1. The molecule has 134 valence electrons. The van der Waals surface area contributed by atoms with Crippen LogP contribution in [0.15, 0.2) is 48.5 Å². The van der Waals surface area contributed by atoms with Gasteiger partial charge in [-0.2, -0.15) is 0 Å². The van der Waals surface area contributed by atoms with Crippen LogP contribution in [-0.4, -0.2) is 43.6 Å². The summed E-state index contributed by atoms with van der Waals surface area (Å²) in [6, 6.07) is 14.8. The lowest BCUT2D eigenvalue weighted by Gasteiger charge is -2.28. The van der Waals surface area contributed by atoms with E-state index in [9.17, 15) is 4.79 Å². The van der Waals surface area contributed by atoms with Crippen molar-refractivity contribution < 1.29 is 14.3 Å². The maximum Gasteiger partial charge on any atom is 0.257 e. The van der Waals surface area contributed by atoms with Gasteiger partial charge in [-0.25, -0.2) is 0 Å². The van der Waals surface area contributed by atoms with Crippen molar-refractivity contribution >= 4 is 18.3 Å². The molecule has 1 fully saturated rings. The van der Waals surface area contributed by atoms with E-state index >= 15 is 0 Å². The van der Waals surface area contributed by atoms with Crippen molar-refractivity contribution in [2.24, 2.45) is 0 Å². The molecule has 0 unspecified atom stereocenters. The zero-order valence-corrected chi connectivity index (χ0v) is 15.1. The standard InChI is InChI=1S/C19H22N2O3.ClH/c1-2-23-17-9-5-6-10-18(17)24-16-8-4-3-7-15(16)19(22)21-13-11-20-12-14-21;/h3-10,20H,2,11-14H2,1H3;1H. The molecule has 25 heavy (non-hydrogen) atoms. The topological polar surface area (TPSA) is 50.8 Å². The molecule has 0 radical (unpaired) electrons. The third kappa shape index (κ3) is 4.65. The highest BCUT2D eigenvalue weighted by Crippen LogP contribution is 2.33. The Labute approximate surface area is 154 Å². The zero-order valence-electron chi connectivity index (χ0n) is 14.2.